The van der Waals surface area contributed by atoms with Crippen molar-refractivity contribution in [2.75, 3.05) is 5.73 Å². The van der Waals surface area contributed by atoms with Crippen molar-refractivity contribution in [2.24, 2.45) is 0 Å². The van der Waals surface area contributed by atoms with Crippen molar-refractivity contribution in [3.63, 3.8) is 0 Å². The molecule has 0 bridgehead atoms. The summed E-state index contributed by atoms with van der Waals surface area (Å²) in [5, 5.41) is 1.47. The molecule has 0 radical (unpaired) electrons. The molecule has 1 aromatic heterocycles. The lowest BCUT2D eigenvalue weighted by Crippen LogP contribution is -1.92. The van der Waals surface area contributed by atoms with Gasteiger partial charge in [0, 0.05) is 17.0 Å². The number of oxazole rings is 1. The number of nitrogens with zero attached hydrogens (tertiary/aromatic N) is 1. The second-order valence-corrected chi connectivity index (χ2v) is 5.48. The Balaban J connectivity index is 1.86. The Morgan fingerprint density at radius 2 is 2.12 bits per heavy atom. The van der Waals surface area contributed by atoms with Gasteiger partial charge < -0.3 is 10.2 Å². The van der Waals surface area contributed by atoms with Crippen molar-refractivity contribution in [1.82, 2.24) is 4.98 Å². The van der Waals surface area contributed by atoms with Crippen LogP contribution in [-0.4, -0.2) is 10.2 Å². The topological polar surface area (TPSA) is 52.0 Å². The lowest BCUT2D eigenvalue weighted by atomic mass is 10.3. The normalized spacial score (nSPS) is 17.2. The van der Waals surface area contributed by atoms with Gasteiger partial charge in [-0.25, -0.2) is 4.98 Å². The molecule has 0 saturated heterocycles. The number of thioether (sulfide) groups is 1. The summed E-state index contributed by atoms with van der Waals surface area (Å²) in [6.07, 6.45) is 5.24. The average molecular weight is 234 g/mol. The first-order valence-electron chi connectivity index (χ1n) is 5.64. The minimum atomic E-state index is 0.686. The third kappa shape index (κ3) is 1.89. The molecule has 2 aromatic rings. The molecule has 16 heavy (non-hydrogen) atoms. The summed E-state index contributed by atoms with van der Waals surface area (Å²) in [5.41, 5.74) is 8.12. The minimum Gasteiger partial charge on any atom is -0.431 e. The zero-order valence-corrected chi connectivity index (χ0v) is 9.80. The summed E-state index contributed by atoms with van der Waals surface area (Å²) in [6, 6.07) is 5.60. The third-order valence-electron chi connectivity index (χ3n) is 2.96. The smallest absolute Gasteiger partial charge is 0.257 e. The molecule has 0 aliphatic heterocycles. The van der Waals surface area contributed by atoms with Crippen LogP contribution in [0.25, 0.3) is 11.1 Å². The monoisotopic (exact) mass is 234 g/mol. The van der Waals surface area contributed by atoms with E-state index < -0.39 is 0 Å². The van der Waals surface area contributed by atoms with Gasteiger partial charge >= 0.3 is 0 Å². The Morgan fingerprint density at radius 1 is 1.31 bits per heavy atom. The molecule has 0 unspecified atom stereocenters. The largest absolute Gasteiger partial charge is 0.431 e. The molecule has 1 aromatic carbocycles. The Bertz CT molecular complexity index is 503. The Morgan fingerprint density at radius 3 is 2.94 bits per heavy atom. The van der Waals surface area contributed by atoms with Crippen LogP contribution in [0.15, 0.2) is 27.8 Å². The maximum absolute atomic E-state index is 5.70. The first-order valence-corrected chi connectivity index (χ1v) is 6.52. The maximum atomic E-state index is 5.70. The standard InChI is InChI=1S/C12H14N2OS/c13-8-5-6-10-11(7-8)15-12(14-10)16-9-3-1-2-4-9/h5-7,9H,1-4,13H2. The van der Waals surface area contributed by atoms with Crippen LogP contribution < -0.4 is 5.73 Å². The van der Waals surface area contributed by atoms with E-state index in [0.717, 1.165) is 22.0 Å². The summed E-state index contributed by atoms with van der Waals surface area (Å²) in [5.74, 6) is 0. The fraction of sp³-hybridized carbons (Fsp3) is 0.417. The molecule has 4 heteroatoms. The zero-order valence-electron chi connectivity index (χ0n) is 8.98. The van der Waals surface area contributed by atoms with Gasteiger partial charge in [0.05, 0.1) is 0 Å². The maximum Gasteiger partial charge on any atom is 0.257 e. The van der Waals surface area contributed by atoms with Crippen molar-refractivity contribution in [2.45, 2.75) is 36.2 Å². The number of hydrogen-bond donors (Lipinski definition) is 1. The van der Waals surface area contributed by atoms with Crippen molar-refractivity contribution in [3.8, 4) is 0 Å². The number of hydrogen-bond acceptors (Lipinski definition) is 4. The molecule has 1 aliphatic carbocycles. The van der Waals surface area contributed by atoms with Gasteiger partial charge in [-0.2, -0.15) is 0 Å². The molecule has 3 nitrogen and oxygen atoms in total. The predicted molar refractivity (Wildman–Crippen MR) is 66.5 cm³/mol. The SMILES string of the molecule is Nc1ccc2nc(SC3CCCC3)oc2c1. The average Bonchev–Trinajstić information content (AvgIpc) is 2.86. The quantitative estimate of drug-likeness (QED) is 0.809. The summed E-state index contributed by atoms with van der Waals surface area (Å²) in [7, 11) is 0. The lowest BCUT2D eigenvalue weighted by molar-refractivity contribution is 0.488. The second kappa shape index (κ2) is 4.01. The highest BCUT2D eigenvalue weighted by Crippen LogP contribution is 2.35. The Hall–Kier alpha value is -1.16. The Labute approximate surface area is 98.4 Å². The summed E-state index contributed by atoms with van der Waals surface area (Å²) in [4.78, 5) is 4.46. The van der Waals surface area contributed by atoms with Gasteiger partial charge in [0.2, 0.25) is 0 Å². The molecule has 1 heterocycles. The van der Waals surface area contributed by atoms with E-state index in [0.29, 0.717) is 5.25 Å². The molecule has 1 aliphatic rings. The predicted octanol–water partition coefficient (Wildman–Crippen LogP) is 3.44. The number of aromatic nitrogens is 1. The minimum absolute atomic E-state index is 0.686. The second-order valence-electron chi connectivity index (χ2n) is 4.23. The molecule has 2 N–H and O–H groups in total. The van der Waals surface area contributed by atoms with E-state index in [-0.39, 0.29) is 0 Å². The Kier molecular flexibility index (Phi) is 2.52. The highest BCUT2D eigenvalue weighted by atomic mass is 32.2. The van der Waals surface area contributed by atoms with Crippen LogP contribution in [0.1, 0.15) is 25.7 Å². The van der Waals surface area contributed by atoms with Crippen LogP contribution in [0.2, 0.25) is 0 Å². The van der Waals surface area contributed by atoms with E-state index in [1.807, 2.05) is 18.2 Å². The van der Waals surface area contributed by atoms with Crippen LogP contribution in [0, 0.1) is 0 Å². The van der Waals surface area contributed by atoms with Crippen LogP contribution >= 0.6 is 11.8 Å². The number of nitrogens with two attached hydrogens (primary N) is 1. The number of rotatable bonds is 2. The van der Waals surface area contributed by atoms with Crippen molar-refractivity contribution in [3.05, 3.63) is 18.2 Å². The van der Waals surface area contributed by atoms with Gasteiger partial charge in [0.15, 0.2) is 5.58 Å². The first-order chi connectivity index (χ1) is 7.81. The van der Waals surface area contributed by atoms with Gasteiger partial charge in [0.25, 0.3) is 5.22 Å². The van der Waals surface area contributed by atoms with E-state index in [2.05, 4.69) is 4.98 Å². The third-order valence-corrected chi connectivity index (χ3v) is 4.14. The van der Waals surface area contributed by atoms with E-state index in [1.165, 1.54) is 25.7 Å². The van der Waals surface area contributed by atoms with Gasteiger partial charge in [0.1, 0.15) is 5.52 Å². The van der Waals surface area contributed by atoms with Crippen molar-refractivity contribution >= 4 is 28.5 Å². The molecule has 1 fully saturated rings. The molecule has 0 atom stereocenters. The number of nitrogen functional groups attached to an aromatic ring is 1. The lowest BCUT2D eigenvalue weighted by Gasteiger charge is -2.02. The molecule has 0 amide bonds. The molecular weight excluding hydrogens is 220 g/mol. The number of fused-ring (bicyclic) bond motifs is 1. The molecule has 3 rings (SSSR count). The van der Waals surface area contributed by atoms with Gasteiger partial charge in [-0.15, -0.1) is 0 Å². The summed E-state index contributed by atoms with van der Waals surface area (Å²) in [6.45, 7) is 0. The number of benzene rings is 1. The first kappa shape index (κ1) is 10.0. The van der Waals surface area contributed by atoms with E-state index in [9.17, 15) is 0 Å². The highest BCUT2D eigenvalue weighted by molar-refractivity contribution is 7.99. The van der Waals surface area contributed by atoms with Gasteiger partial charge in [-0.05, 0) is 25.0 Å². The fourth-order valence-corrected chi connectivity index (χ4v) is 3.26. The molecular formula is C12H14N2OS. The van der Waals surface area contributed by atoms with Crippen LogP contribution in [0.3, 0.4) is 0 Å². The van der Waals surface area contributed by atoms with E-state index in [1.54, 1.807) is 11.8 Å². The number of anilines is 1. The van der Waals surface area contributed by atoms with Crippen molar-refractivity contribution in [1.29, 1.82) is 0 Å². The summed E-state index contributed by atoms with van der Waals surface area (Å²) >= 11 is 1.76. The fourth-order valence-electron chi connectivity index (χ4n) is 2.12. The van der Waals surface area contributed by atoms with Crippen LogP contribution in [0.5, 0.6) is 0 Å². The van der Waals surface area contributed by atoms with Crippen LogP contribution in [0.4, 0.5) is 5.69 Å². The highest BCUT2D eigenvalue weighted by Gasteiger charge is 2.19. The van der Waals surface area contributed by atoms with Crippen molar-refractivity contribution < 1.29 is 4.42 Å². The summed E-state index contributed by atoms with van der Waals surface area (Å²) < 4.78 is 5.68. The van der Waals surface area contributed by atoms with E-state index in [4.69, 9.17) is 10.2 Å². The van der Waals surface area contributed by atoms with Crippen LogP contribution in [-0.2, 0) is 0 Å². The zero-order chi connectivity index (χ0) is 11.0. The van der Waals surface area contributed by atoms with Gasteiger partial charge in [-0.1, -0.05) is 24.6 Å². The molecule has 1 saturated carbocycles. The van der Waals surface area contributed by atoms with Gasteiger partial charge in [-0.3, -0.25) is 0 Å². The molecule has 0 spiro atoms. The molecule has 84 valence electrons. The van der Waals surface area contributed by atoms with E-state index >= 15 is 0 Å².